The molecule has 4 rings (SSSR count). The van der Waals surface area contributed by atoms with Crippen molar-refractivity contribution in [3.63, 3.8) is 0 Å². The first-order chi connectivity index (χ1) is 11.7. The number of hydrogen-bond acceptors (Lipinski definition) is 3. The molecular weight excluding hydrogens is 304 g/mol. The molecule has 1 aromatic heterocycles. The number of rotatable bonds is 3. The third-order valence-electron chi connectivity index (χ3n) is 5.32. The number of carbonyl (C=O) groups excluding carboxylic acids is 2. The molecule has 2 aliphatic rings. The van der Waals surface area contributed by atoms with Gasteiger partial charge in [0.15, 0.2) is 0 Å². The molecule has 1 saturated carbocycles. The standard InChI is InChI=1S/C18H20N4O2/c23-16(13-4-2-1-3-5-13)21-15-10-18(15)6-8-22(9-7-18)17(24)14-11-19-20-12-14/h1-5,11-12,15H,6-10H2,(H,19,20)(H,21,23). The van der Waals surface area contributed by atoms with Crippen molar-refractivity contribution >= 4 is 11.8 Å². The molecule has 1 saturated heterocycles. The fourth-order valence-corrected chi connectivity index (χ4v) is 3.64. The molecule has 2 N–H and O–H groups in total. The molecular formula is C18H20N4O2. The van der Waals surface area contributed by atoms with E-state index in [1.54, 1.807) is 12.4 Å². The van der Waals surface area contributed by atoms with Gasteiger partial charge < -0.3 is 10.2 Å². The average Bonchev–Trinajstić information content (AvgIpc) is 3.03. The van der Waals surface area contributed by atoms with Gasteiger partial charge in [0.2, 0.25) is 0 Å². The van der Waals surface area contributed by atoms with Crippen molar-refractivity contribution in [2.24, 2.45) is 5.41 Å². The number of H-pyrrole nitrogens is 1. The summed E-state index contributed by atoms with van der Waals surface area (Å²) in [5, 5.41) is 9.66. The molecule has 1 atom stereocenters. The summed E-state index contributed by atoms with van der Waals surface area (Å²) in [6, 6.07) is 9.54. The van der Waals surface area contributed by atoms with Crippen LogP contribution in [0.1, 0.15) is 40.0 Å². The van der Waals surface area contributed by atoms with E-state index in [0.717, 1.165) is 32.4 Å². The Labute approximate surface area is 140 Å². The Balaban J connectivity index is 1.32. The molecule has 1 unspecified atom stereocenters. The highest BCUT2D eigenvalue weighted by Gasteiger charge is 2.55. The predicted octanol–water partition coefficient (Wildman–Crippen LogP) is 1.83. The topological polar surface area (TPSA) is 78.1 Å². The normalized spacial score (nSPS) is 21.5. The second-order valence-corrected chi connectivity index (χ2v) is 6.74. The second kappa shape index (κ2) is 5.78. The molecule has 0 radical (unpaired) electrons. The maximum atomic E-state index is 12.3. The first-order valence-electron chi connectivity index (χ1n) is 8.32. The van der Waals surface area contributed by atoms with Crippen molar-refractivity contribution in [1.29, 1.82) is 0 Å². The van der Waals surface area contributed by atoms with Gasteiger partial charge in [-0.1, -0.05) is 18.2 Å². The summed E-state index contributed by atoms with van der Waals surface area (Å²) < 4.78 is 0. The zero-order valence-electron chi connectivity index (χ0n) is 13.4. The number of likely N-dealkylation sites (tertiary alicyclic amines) is 1. The number of piperidine rings is 1. The van der Waals surface area contributed by atoms with Crippen molar-refractivity contribution < 1.29 is 9.59 Å². The van der Waals surface area contributed by atoms with Gasteiger partial charge in [-0.25, -0.2) is 0 Å². The highest BCUT2D eigenvalue weighted by molar-refractivity contribution is 5.95. The van der Waals surface area contributed by atoms with Crippen molar-refractivity contribution in [2.45, 2.75) is 25.3 Å². The van der Waals surface area contributed by atoms with Gasteiger partial charge in [0.25, 0.3) is 11.8 Å². The fourth-order valence-electron chi connectivity index (χ4n) is 3.64. The van der Waals surface area contributed by atoms with Crippen molar-refractivity contribution in [3.8, 4) is 0 Å². The monoisotopic (exact) mass is 324 g/mol. The van der Waals surface area contributed by atoms with E-state index in [9.17, 15) is 9.59 Å². The van der Waals surface area contributed by atoms with Crippen LogP contribution in [0.5, 0.6) is 0 Å². The van der Waals surface area contributed by atoms with Crippen LogP contribution in [-0.2, 0) is 0 Å². The van der Waals surface area contributed by atoms with Gasteiger partial charge in [0.1, 0.15) is 0 Å². The van der Waals surface area contributed by atoms with Gasteiger partial charge in [-0.15, -0.1) is 0 Å². The molecule has 0 bridgehead atoms. The lowest BCUT2D eigenvalue weighted by atomic mass is 9.92. The van der Waals surface area contributed by atoms with Crippen LogP contribution in [0, 0.1) is 5.41 Å². The van der Waals surface area contributed by atoms with Gasteiger partial charge in [0, 0.05) is 30.9 Å². The number of hydrogen-bond donors (Lipinski definition) is 2. The van der Waals surface area contributed by atoms with Crippen molar-refractivity contribution in [2.75, 3.05) is 13.1 Å². The molecule has 6 heteroatoms. The van der Waals surface area contributed by atoms with Crippen LogP contribution in [0.2, 0.25) is 0 Å². The molecule has 2 heterocycles. The van der Waals surface area contributed by atoms with Crippen molar-refractivity contribution in [1.82, 2.24) is 20.4 Å². The zero-order valence-corrected chi connectivity index (χ0v) is 13.4. The SMILES string of the molecule is O=C(NC1CC12CCN(C(=O)c1cn[nH]c1)CC2)c1ccccc1. The minimum atomic E-state index is -0.00521. The molecule has 1 aromatic carbocycles. The third-order valence-corrected chi connectivity index (χ3v) is 5.32. The highest BCUT2D eigenvalue weighted by Crippen LogP contribution is 2.54. The molecule has 1 spiro atoms. The van der Waals surface area contributed by atoms with Crippen LogP contribution in [0.15, 0.2) is 42.7 Å². The minimum Gasteiger partial charge on any atom is -0.349 e. The van der Waals surface area contributed by atoms with E-state index in [0.29, 0.717) is 11.1 Å². The number of amides is 2. The summed E-state index contributed by atoms with van der Waals surface area (Å²) in [5.41, 5.74) is 1.49. The summed E-state index contributed by atoms with van der Waals surface area (Å²) in [7, 11) is 0. The van der Waals surface area contributed by atoms with Gasteiger partial charge in [0.05, 0.1) is 11.8 Å². The van der Waals surface area contributed by atoms with E-state index < -0.39 is 0 Å². The molecule has 1 aliphatic carbocycles. The number of nitrogens with zero attached hydrogens (tertiary/aromatic N) is 2. The average molecular weight is 324 g/mol. The Bertz CT molecular complexity index is 734. The molecule has 1 aliphatic heterocycles. The summed E-state index contributed by atoms with van der Waals surface area (Å²) in [4.78, 5) is 26.5. The van der Waals surface area contributed by atoms with Gasteiger partial charge in [-0.3, -0.25) is 14.7 Å². The molecule has 6 nitrogen and oxygen atoms in total. The fraction of sp³-hybridized carbons (Fsp3) is 0.389. The van der Waals surface area contributed by atoms with Crippen LogP contribution >= 0.6 is 0 Å². The van der Waals surface area contributed by atoms with Gasteiger partial charge in [-0.05, 0) is 36.8 Å². The smallest absolute Gasteiger partial charge is 0.257 e. The second-order valence-electron chi connectivity index (χ2n) is 6.74. The number of carbonyl (C=O) groups is 2. The Hall–Kier alpha value is -2.63. The lowest BCUT2D eigenvalue weighted by Gasteiger charge is -2.32. The Morgan fingerprint density at radius 2 is 1.92 bits per heavy atom. The van der Waals surface area contributed by atoms with Crippen LogP contribution in [0.3, 0.4) is 0 Å². The van der Waals surface area contributed by atoms with Crippen LogP contribution in [-0.4, -0.2) is 46.0 Å². The van der Waals surface area contributed by atoms with Crippen molar-refractivity contribution in [3.05, 3.63) is 53.9 Å². The van der Waals surface area contributed by atoms with Gasteiger partial charge >= 0.3 is 0 Å². The zero-order chi connectivity index (χ0) is 16.6. The molecule has 24 heavy (non-hydrogen) atoms. The quantitative estimate of drug-likeness (QED) is 0.904. The van der Waals surface area contributed by atoms with E-state index in [2.05, 4.69) is 15.5 Å². The van der Waals surface area contributed by atoms with Crippen LogP contribution in [0.4, 0.5) is 0 Å². The first-order valence-corrected chi connectivity index (χ1v) is 8.32. The lowest BCUT2D eigenvalue weighted by molar-refractivity contribution is 0.0668. The summed E-state index contributed by atoms with van der Waals surface area (Å²) in [6.07, 6.45) is 6.09. The maximum absolute atomic E-state index is 12.3. The summed E-state index contributed by atoms with van der Waals surface area (Å²) >= 11 is 0. The third kappa shape index (κ3) is 2.68. The minimum absolute atomic E-state index is 0.00521. The highest BCUT2D eigenvalue weighted by atomic mass is 16.2. The molecule has 2 aromatic rings. The Morgan fingerprint density at radius 1 is 1.17 bits per heavy atom. The molecule has 2 fully saturated rings. The van der Waals surface area contributed by atoms with Gasteiger partial charge in [-0.2, -0.15) is 5.10 Å². The maximum Gasteiger partial charge on any atom is 0.257 e. The Kier molecular flexibility index (Phi) is 3.59. The first kappa shape index (κ1) is 14.9. The molecule has 124 valence electrons. The number of aromatic amines is 1. The van der Waals surface area contributed by atoms with Crippen LogP contribution in [0.25, 0.3) is 0 Å². The Morgan fingerprint density at radius 3 is 2.58 bits per heavy atom. The number of aromatic nitrogens is 2. The summed E-state index contributed by atoms with van der Waals surface area (Å²) in [6.45, 7) is 1.48. The van der Waals surface area contributed by atoms with E-state index >= 15 is 0 Å². The largest absolute Gasteiger partial charge is 0.349 e. The number of nitrogens with one attached hydrogen (secondary N) is 2. The summed E-state index contributed by atoms with van der Waals surface area (Å²) in [5.74, 6) is 0.0264. The predicted molar refractivity (Wildman–Crippen MR) is 88.5 cm³/mol. The molecule has 2 amide bonds. The van der Waals surface area contributed by atoms with Crippen LogP contribution < -0.4 is 5.32 Å². The van der Waals surface area contributed by atoms with E-state index in [-0.39, 0.29) is 23.3 Å². The lowest BCUT2D eigenvalue weighted by Crippen LogP contribution is -2.41. The van der Waals surface area contributed by atoms with E-state index in [1.165, 1.54) is 0 Å². The van der Waals surface area contributed by atoms with E-state index in [1.807, 2.05) is 35.2 Å². The number of benzene rings is 1. The van der Waals surface area contributed by atoms with E-state index in [4.69, 9.17) is 0 Å².